The van der Waals surface area contributed by atoms with Crippen LogP contribution in [0.2, 0.25) is 0 Å². The highest BCUT2D eigenvalue weighted by Gasteiger charge is 2.14. The van der Waals surface area contributed by atoms with E-state index in [1.165, 1.54) is 0 Å². The fraction of sp³-hybridized carbons (Fsp3) is 0.545. The lowest BCUT2D eigenvalue weighted by molar-refractivity contribution is -0.138. The van der Waals surface area contributed by atoms with Crippen LogP contribution in [0.15, 0.2) is 12.4 Å². The van der Waals surface area contributed by atoms with Gasteiger partial charge in [-0.3, -0.25) is 4.79 Å². The van der Waals surface area contributed by atoms with E-state index >= 15 is 0 Å². The summed E-state index contributed by atoms with van der Waals surface area (Å²) >= 11 is 0. The second-order valence-electron chi connectivity index (χ2n) is 4.09. The maximum atomic E-state index is 10.7. The van der Waals surface area contributed by atoms with Crippen LogP contribution >= 0.6 is 0 Å². The molecule has 0 bridgehead atoms. The lowest BCUT2D eigenvalue weighted by atomic mass is 10.1. The standard InChI is InChI=1S/C11H16N2O2/c1-7(2)4-10-12-5-9(6-13-10)8(3)11(14)15/h5-8H,4H2,1-3H3,(H,14,15). The van der Waals surface area contributed by atoms with Crippen molar-refractivity contribution in [3.63, 3.8) is 0 Å². The smallest absolute Gasteiger partial charge is 0.310 e. The zero-order valence-corrected chi connectivity index (χ0v) is 9.27. The average Bonchev–Trinajstić information content (AvgIpc) is 2.17. The van der Waals surface area contributed by atoms with Crippen molar-refractivity contribution in [1.29, 1.82) is 0 Å². The van der Waals surface area contributed by atoms with Gasteiger partial charge in [0, 0.05) is 24.4 Å². The van der Waals surface area contributed by atoms with Gasteiger partial charge < -0.3 is 5.11 Å². The predicted octanol–water partition coefficient (Wildman–Crippen LogP) is 1.86. The quantitative estimate of drug-likeness (QED) is 0.820. The third-order valence-corrected chi connectivity index (χ3v) is 2.19. The van der Waals surface area contributed by atoms with Crippen LogP contribution in [0.25, 0.3) is 0 Å². The highest BCUT2D eigenvalue weighted by molar-refractivity contribution is 5.75. The van der Waals surface area contributed by atoms with E-state index in [0.717, 1.165) is 12.2 Å². The van der Waals surface area contributed by atoms with Gasteiger partial charge in [-0.2, -0.15) is 0 Å². The van der Waals surface area contributed by atoms with Crippen molar-refractivity contribution in [2.45, 2.75) is 33.1 Å². The molecule has 1 aromatic heterocycles. The van der Waals surface area contributed by atoms with Crippen LogP contribution in [-0.4, -0.2) is 21.0 Å². The van der Waals surface area contributed by atoms with Gasteiger partial charge in [0.15, 0.2) is 0 Å². The Morgan fingerprint density at radius 2 is 1.87 bits per heavy atom. The van der Waals surface area contributed by atoms with Crippen molar-refractivity contribution in [2.75, 3.05) is 0 Å². The molecule has 4 heteroatoms. The summed E-state index contributed by atoms with van der Waals surface area (Å²) in [6.07, 6.45) is 4.02. The third-order valence-electron chi connectivity index (χ3n) is 2.19. The zero-order chi connectivity index (χ0) is 11.4. The number of hydrogen-bond acceptors (Lipinski definition) is 3. The second-order valence-corrected chi connectivity index (χ2v) is 4.09. The molecule has 1 aromatic rings. The van der Waals surface area contributed by atoms with Crippen molar-refractivity contribution >= 4 is 5.97 Å². The van der Waals surface area contributed by atoms with E-state index in [1.807, 2.05) is 0 Å². The highest BCUT2D eigenvalue weighted by atomic mass is 16.4. The van der Waals surface area contributed by atoms with E-state index in [9.17, 15) is 4.79 Å². The monoisotopic (exact) mass is 208 g/mol. The van der Waals surface area contributed by atoms with Gasteiger partial charge in [0.1, 0.15) is 5.82 Å². The van der Waals surface area contributed by atoms with Crippen molar-refractivity contribution in [3.8, 4) is 0 Å². The molecule has 0 radical (unpaired) electrons. The number of rotatable bonds is 4. The van der Waals surface area contributed by atoms with Gasteiger partial charge >= 0.3 is 5.97 Å². The van der Waals surface area contributed by atoms with Crippen molar-refractivity contribution in [2.24, 2.45) is 5.92 Å². The minimum absolute atomic E-state index is 0.507. The maximum Gasteiger partial charge on any atom is 0.310 e. The van der Waals surface area contributed by atoms with Gasteiger partial charge in [0.05, 0.1) is 5.92 Å². The Kier molecular flexibility index (Phi) is 3.77. The number of carboxylic acids is 1. The predicted molar refractivity (Wildman–Crippen MR) is 56.6 cm³/mol. The van der Waals surface area contributed by atoms with Gasteiger partial charge in [0.2, 0.25) is 0 Å². The number of carbonyl (C=O) groups is 1. The molecule has 0 fully saturated rings. The Morgan fingerprint density at radius 1 is 1.33 bits per heavy atom. The molecule has 1 rings (SSSR count). The fourth-order valence-corrected chi connectivity index (χ4v) is 1.20. The average molecular weight is 208 g/mol. The number of aromatic nitrogens is 2. The van der Waals surface area contributed by atoms with E-state index < -0.39 is 11.9 Å². The van der Waals surface area contributed by atoms with Crippen molar-refractivity contribution in [3.05, 3.63) is 23.8 Å². The molecule has 1 atom stereocenters. The Hall–Kier alpha value is -1.45. The number of nitrogens with zero attached hydrogens (tertiary/aromatic N) is 2. The minimum atomic E-state index is -0.852. The SMILES string of the molecule is CC(C)Cc1ncc(C(C)C(=O)O)cn1. The summed E-state index contributed by atoms with van der Waals surface area (Å²) in [7, 11) is 0. The maximum absolute atomic E-state index is 10.7. The molecule has 15 heavy (non-hydrogen) atoms. The Morgan fingerprint density at radius 3 is 2.27 bits per heavy atom. The highest BCUT2D eigenvalue weighted by Crippen LogP contribution is 2.13. The molecule has 4 nitrogen and oxygen atoms in total. The summed E-state index contributed by atoms with van der Waals surface area (Å²) in [6, 6.07) is 0. The number of hydrogen-bond donors (Lipinski definition) is 1. The summed E-state index contributed by atoms with van der Waals surface area (Å²) < 4.78 is 0. The summed E-state index contributed by atoms with van der Waals surface area (Å²) in [5, 5.41) is 8.79. The molecule has 82 valence electrons. The summed E-state index contributed by atoms with van der Waals surface area (Å²) in [5.41, 5.74) is 0.648. The molecule has 0 saturated carbocycles. The van der Waals surface area contributed by atoms with Crippen LogP contribution in [-0.2, 0) is 11.2 Å². The van der Waals surface area contributed by atoms with Gasteiger partial charge in [-0.15, -0.1) is 0 Å². The Balaban J connectivity index is 2.76. The van der Waals surface area contributed by atoms with Crippen LogP contribution < -0.4 is 0 Å². The molecule has 0 aliphatic heterocycles. The van der Waals surface area contributed by atoms with Crippen molar-refractivity contribution in [1.82, 2.24) is 9.97 Å². The van der Waals surface area contributed by atoms with Gasteiger partial charge in [-0.05, 0) is 12.8 Å². The van der Waals surface area contributed by atoms with Gasteiger partial charge in [-0.25, -0.2) is 9.97 Å². The molecular formula is C11H16N2O2. The molecule has 0 aliphatic carbocycles. The molecule has 0 aliphatic rings. The number of carboxylic acid groups (broad SMARTS) is 1. The van der Waals surface area contributed by atoms with Crippen LogP contribution in [0.1, 0.15) is 38.1 Å². The second kappa shape index (κ2) is 4.87. The molecule has 0 aromatic carbocycles. The van der Waals surface area contributed by atoms with E-state index in [0.29, 0.717) is 11.5 Å². The normalized spacial score (nSPS) is 12.8. The first-order valence-corrected chi connectivity index (χ1v) is 5.04. The minimum Gasteiger partial charge on any atom is -0.481 e. The molecule has 1 unspecified atom stereocenters. The van der Waals surface area contributed by atoms with Crippen molar-refractivity contribution < 1.29 is 9.90 Å². The van der Waals surface area contributed by atoms with Crippen LogP contribution in [0.3, 0.4) is 0 Å². The topological polar surface area (TPSA) is 63.1 Å². The van der Waals surface area contributed by atoms with Crippen LogP contribution in [0.5, 0.6) is 0 Å². The van der Waals surface area contributed by atoms with E-state index in [1.54, 1.807) is 19.3 Å². The molecular weight excluding hydrogens is 192 g/mol. The van der Waals surface area contributed by atoms with E-state index in [2.05, 4.69) is 23.8 Å². The van der Waals surface area contributed by atoms with Crippen LogP contribution in [0, 0.1) is 5.92 Å². The fourth-order valence-electron chi connectivity index (χ4n) is 1.20. The van der Waals surface area contributed by atoms with E-state index in [4.69, 9.17) is 5.11 Å². The zero-order valence-electron chi connectivity index (χ0n) is 9.27. The first-order chi connectivity index (χ1) is 7.00. The summed E-state index contributed by atoms with van der Waals surface area (Å²) in [5.74, 6) is -0.118. The van der Waals surface area contributed by atoms with Gasteiger partial charge in [0.25, 0.3) is 0 Å². The van der Waals surface area contributed by atoms with E-state index in [-0.39, 0.29) is 0 Å². The molecule has 0 saturated heterocycles. The first-order valence-electron chi connectivity index (χ1n) is 5.04. The third kappa shape index (κ3) is 3.31. The molecule has 1 heterocycles. The lowest BCUT2D eigenvalue weighted by Crippen LogP contribution is -2.09. The lowest BCUT2D eigenvalue weighted by Gasteiger charge is -2.07. The van der Waals surface area contributed by atoms with Gasteiger partial charge in [-0.1, -0.05) is 13.8 Å². The molecule has 1 N–H and O–H groups in total. The molecule has 0 amide bonds. The summed E-state index contributed by atoms with van der Waals surface area (Å²) in [4.78, 5) is 19.0. The largest absolute Gasteiger partial charge is 0.481 e. The number of aliphatic carboxylic acids is 1. The first kappa shape index (κ1) is 11.6. The molecule has 0 spiro atoms. The Bertz CT molecular complexity index is 333. The summed E-state index contributed by atoms with van der Waals surface area (Å²) in [6.45, 7) is 5.82. The van der Waals surface area contributed by atoms with Crippen LogP contribution in [0.4, 0.5) is 0 Å². The Labute approximate surface area is 89.4 Å².